The summed E-state index contributed by atoms with van der Waals surface area (Å²) in [5, 5.41) is 3.36. The second-order valence-electron chi connectivity index (χ2n) is 5.27. The number of nitrogens with one attached hydrogen (secondary N) is 1. The van der Waals surface area contributed by atoms with Gasteiger partial charge in [-0.05, 0) is 49.8 Å². The molecule has 0 bridgehead atoms. The average Bonchev–Trinajstić information content (AvgIpc) is 2.37. The molecule has 0 aliphatic heterocycles. The Balaban J connectivity index is 1.79. The first-order chi connectivity index (χ1) is 8.97. The van der Waals surface area contributed by atoms with Crippen molar-refractivity contribution < 1.29 is 13.2 Å². The van der Waals surface area contributed by atoms with Crippen LogP contribution >= 0.6 is 0 Å². The summed E-state index contributed by atoms with van der Waals surface area (Å²) in [4.78, 5) is 4.02. The van der Waals surface area contributed by atoms with Crippen LogP contribution in [0.3, 0.4) is 0 Å². The van der Waals surface area contributed by atoms with E-state index >= 15 is 0 Å². The minimum atomic E-state index is -4.02. The molecule has 1 fully saturated rings. The Morgan fingerprint density at radius 1 is 1.26 bits per heavy atom. The molecule has 5 heteroatoms. The van der Waals surface area contributed by atoms with Gasteiger partial charge in [0.15, 0.2) is 0 Å². The van der Waals surface area contributed by atoms with Crippen LogP contribution in [0.15, 0.2) is 18.5 Å². The van der Waals surface area contributed by atoms with Crippen LogP contribution in [0.25, 0.3) is 0 Å². The minimum absolute atomic E-state index is 0.200. The molecular formula is C14H19F3N2. The van der Waals surface area contributed by atoms with E-state index in [4.69, 9.17) is 0 Å². The Kier molecular flexibility index (Phi) is 4.45. The predicted molar refractivity (Wildman–Crippen MR) is 67.6 cm³/mol. The number of halogens is 3. The molecule has 1 aliphatic carbocycles. The molecule has 0 spiro atoms. The summed E-state index contributed by atoms with van der Waals surface area (Å²) in [7, 11) is 0. The maximum absolute atomic E-state index is 12.5. The number of hydrogen-bond donors (Lipinski definition) is 1. The highest BCUT2D eigenvalue weighted by atomic mass is 19.4. The van der Waals surface area contributed by atoms with Crippen LogP contribution in [0.5, 0.6) is 0 Å². The molecule has 1 heterocycles. The summed E-state index contributed by atoms with van der Waals surface area (Å²) in [6.07, 6.45) is 1.23. The van der Waals surface area contributed by atoms with Crippen molar-refractivity contribution in [3.05, 3.63) is 29.6 Å². The van der Waals surface area contributed by atoms with Crippen molar-refractivity contribution in [1.29, 1.82) is 0 Å². The predicted octanol–water partition coefficient (Wildman–Crippen LogP) is 3.60. The van der Waals surface area contributed by atoms with Crippen molar-refractivity contribution in [3.63, 3.8) is 0 Å². The van der Waals surface area contributed by atoms with E-state index in [0.717, 1.165) is 11.1 Å². The van der Waals surface area contributed by atoms with E-state index in [1.165, 1.54) is 0 Å². The van der Waals surface area contributed by atoms with Gasteiger partial charge in [-0.25, -0.2) is 0 Å². The molecule has 1 aromatic rings. The topological polar surface area (TPSA) is 24.9 Å². The fraction of sp³-hybridized carbons (Fsp3) is 0.643. The van der Waals surface area contributed by atoms with Gasteiger partial charge in [-0.2, -0.15) is 13.2 Å². The highest BCUT2D eigenvalue weighted by Gasteiger charge is 2.41. The summed E-state index contributed by atoms with van der Waals surface area (Å²) >= 11 is 0. The van der Waals surface area contributed by atoms with Crippen molar-refractivity contribution in [3.8, 4) is 0 Å². The molecule has 2 nitrogen and oxygen atoms in total. The second kappa shape index (κ2) is 5.90. The number of alkyl halides is 3. The molecule has 106 valence electrons. The molecule has 0 unspecified atom stereocenters. The van der Waals surface area contributed by atoms with E-state index in [1.807, 2.05) is 13.0 Å². The lowest BCUT2D eigenvalue weighted by Crippen LogP contribution is -2.36. The highest BCUT2D eigenvalue weighted by Crippen LogP contribution is 2.37. The maximum Gasteiger partial charge on any atom is 0.391 e. The van der Waals surface area contributed by atoms with Gasteiger partial charge in [0.05, 0.1) is 5.92 Å². The van der Waals surface area contributed by atoms with Crippen LogP contribution in [0.4, 0.5) is 13.2 Å². The number of pyridine rings is 1. The molecule has 1 aromatic heterocycles. The molecule has 1 N–H and O–H groups in total. The van der Waals surface area contributed by atoms with Crippen LogP contribution < -0.4 is 5.32 Å². The molecule has 0 atom stereocenters. The van der Waals surface area contributed by atoms with E-state index < -0.39 is 12.1 Å². The first-order valence-electron chi connectivity index (χ1n) is 6.66. The van der Waals surface area contributed by atoms with Gasteiger partial charge >= 0.3 is 6.18 Å². The standard InChI is InChI=1S/C14H19F3N2/c1-10-8-18-7-6-11(10)9-19-13-4-2-12(3-5-13)14(15,16)17/h6-8,12-13,19H,2-5,9H2,1H3. The summed E-state index contributed by atoms with van der Waals surface area (Å²) in [6, 6.07) is 2.15. The number of rotatable bonds is 3. The lowest BCUT2D eigenvalue weighted by Gasteiger charge is -2.30. The molecule has 0 aromatic carbocycles. The molecule has 1 aliphatic rings. The number of hydrogen-bond acceptors (Lipinski definition) is 2. The Bertz CT molecular complexity index is 409. The SMILES string of the molecule is Cc1cnccc1CNC1CCC(C(F)(F)F)CC1. The van der Waals surface area contributed by atoms with Gasteiger partial charge < -0.3 is 5.32 Å². The average molecular weight is 272 g/mol. The van der Waals surface area contributed by atoms with Gasteiger partial charge in [-0.1, -0.05) is 0 Å². The molecule has 1 saturated carbocycles. The van der Waals surface area contributed by atoms with Gasteiger partial charge in [0.1, 0.15) is 0 Å². The van der Waals surface area contributed by atoms with Crippen molar-refractivity contribution in [1.82, 2.24) is 10.3 Å². The number of nitrogens with zero attached hydrogens (tertiary/aromatic N) is 1. The van der Waals surface area contributed by atoms with E-state index in [-0.39, 0.29) is 18.9 Å². The molecule has 19 heavy (non-hydrogen) atoms. The fourth-order valence-corrected chi connectivity index (χ4v) is 2.58. The number of aryl methyl sites for hydroxylation is 1. The van der Waals surface area contributed by atoms with Crippen LogP contribution in [0, 0.1) is 12.8 Å². The zero-order valence-electron chi connectivity index (χ0n) is 11.0. The third-order valence-electron chi connectivity index (χ3n) is 3.91. The van der Waals surface area contributed by atoms with Crippen LogP contribution in [0.2, 0.25) is 0 Å². The Morgan fingerprint density at radius 2 is 1.95 bits per heavy atom. The summed E-state index contributed by atoms with van der Waals surface area (Å²) in [5.74, 6) is -1.10. The van der Waals surface area contributed by atoms with Crippen molar-refractivity contribution in [2.75, 3.05) is 0 Å². The van der Waals surface area contributed by atoms with Gasteiger partial charge in [0.25, 0.3) is 0 Å². The van der Waals surface area contributed by atoms with E-state index in [9.17, 15) is 13.2 Å². The summed E-state index contributed by atoms with van der Waals surface area (Å²) < 4.78 is 37.6. The zero-order valence-corrected chi connectivity index (χ0v) is 11.0. The minimum Gasteiger partial charge on any atom is -0.310 e. The van der Waals surface area contributed by atoms with Crippen LogP contribution in [-0.2, 0) is 6.54 Å². The molecule has 2 rings (SSSR count). The Hall–Kier alpha value is -1.10. The maximum atomic E-state index is 12.5. The van der Waals surface area contributed by atoms with Crippen molar-refractivity contribution in [2.24, 2.45) is 5.92 Å². The lowest BCUT2D eigenvalue weighted by molar-refractivity contribution is -0.182. The number of aromatic nitrogens is 1. The van der Waals surface area contributed by atoms with Crippen molar-refractivity contribution in [2.45, 2.75) is 51.4 Å². The lowest BCUT2D eigenvalue weighted by atomic mass is 9.85. The largest absolute Gasteiger partial charge is 0.391 e. The van der Waals surface area contributed by atoms with E-state index in [2.05, 4.69) is 10.3 Å². The van der Waals surface area contributed by atoms with Gasteiger partial charge in [-0.3, -0.25) is 4.98 Å². The molecular weight excluding hydrogens is 253 g/mol. The second-order valence-corrected chi connectivity index (χ2v) is 5.27. The third kappa shape index (κ3) is 3.93. The van der Waals surface area contributed by atoms with Crippen LogP contribution in [-0.4, -0.2) is 17.2 Å². The van der Waals surface area contributed by atoms with Crippen molar-refractivity contribution >= 4 is 0 Å². The van der Waals surface area contributed by atoms with Gasteiger partial charge in [0, 0.05) is 25.0 Å². The quantitative estimate of drug-likeness (QED) is 0.909. The summed E-state index contributed by atoms with van der Waals surface area (Å²) in [6.45, 7) is 2.69. The zero-order chi connectivity index (χ0) is 13.9. The molecule has 0 saturated heterocycles. The van der Waals surface area contributed by atoms with E-state index in [0.29, 0.717) is 19.4 Å². The smallest absolute Gasteiger partial charge is 0.310 e. The fourth-order valence-electron chi connectivity index (χ4n) is 2.58. The first-order valence-corrected chi connectivity index (χ1v) is 6.66. The normalized spacial score (nSPS) is 24.4. The Labute approximate surface area is 111 Å². The van der Waals surface area contributed by atoms with E-state index in [1.54, 1.807) is 12.4 Å². The third-order valence-corrected chi connectivity index (χ3v) is 3.91. The monoisotopic (exact) mass is 272 g/mol. The van der Waals surface area contributed by atoms with Gasteiger partial charge in [0.2, 0.25) is 0 Å². The Morgan fingerprint density at radius 3 is 2.53 bits per heavy atom. The molecule has 0 radical (unpaired) electrons. The summed E-state index contributed by atoms with van der Waals surface area (Å²) in [5.41, 5.74) is 2.27. The molecule has 0 amide bonds. The first kappa shape index (κ1) is 14.3. The van der Waals surface area contributed by atoms with Gasteiger partial charge in [-0.15, -0.1) is 0 Å². The van der Waals surface area contributed by atoms with Crippen LogP contribution in [0.1, 0.15) is 36.8 Å². The highest BCUT2D eigenvalue weighted by molar-refractivity contribution is 5.21.